The van der Waals surface area contributed by atoms with Crippen molar-refractivity contribution in [2.45, 2.75) is 169 Å². The fourth-order valence-electron chi connectivity index (χ4n) is 11.5. The summed E-state index contributed by atoms with van der Waals surface area (Å²) in [5.41, 5.74) is 0.470. The Hall–Kier alpha value is 0.000649. The smallest absolute Gasteiger partial charge is 0.222 e. The van der Waals surface area contributed by atoms with E-state index in [1.807, 2.05) is 0 Å². The van der Waals surface area contributed by atoms with Gasteiger partial charge in [-0.15, -0.1) is 0 Å². The molecular weight excluding hydrogens is 607 g/mol. The first-order valence-corrected chi connectivity index (χ1v) is 29.2. The van der Waals surface area contributed by atoms with Gasteiger partial charge in [0, 0.05) is 31.7 Å². The van der Waals surface area contributed by atoms with E-state index in [1.165, 1.54) is 57.8 Å². The molecule has 4 saturated carbocycles. The van der Waals surface area contributed by atoms with Crippen molar-refractivity contribution in [2.24, 2.45) is 46.3 Å². The molecule has 5 aliphatic rings. The molecule has 0 radical (unpaired) electrons. The van der Waals surface area contributed by atoms with E-state index in [9.17, 15) is 4.79 Å². The largest absolute Gasteiger partial charge is 0.415 e. The Balaban J connectivity index is 1.46. The van der Waals surface area contributed by atoms with E-state index in [4.69, 9.17) is 13.3 Å². The molecule has 0 aromatic heterocycles. The predicted octanol–water partition coefficient (Wildman–Crippen LogP) is 9.56. The molecule has 4 aliphatic carbocycles. The van der Waals surface area contributed by atoms with Crippen molar-refractivity contribution < 1.29 is 18.1 Å². The van der Waals surface area contributed by atoms with Crippen LogP contribution < -0.4 is 0 Å². The summed E-state index contributed by atoms with van der Waals surface area (Å²) in [5, 5.41) is 0. The van der Waals surface area contributed by atoms with Crippen LogP contribution in [0.4, 0.5) is 0 Å². The normalized spacial score (nSPS) is 41.4. The van der Waals surface area contributed by atoms with E-state index in [2.05, 4.69) is 84.6 Å². The maximum Gasteiger partial charge on any atom is 0.222 e. The third-order valence-corrected chi connectivity index (χ3v) is 16.3. The molecule has 0 aromatic rings. The number of carbonyl (C=O) groups excluding carboxylic acids is 1. The summed E-state index contributed by atoms with van der Waals surface area (Å²) in [5.74, 6) is 4.09. The molecule has 0 N–H and O–H groups in total. The highest BCUT2D eigenvalue weighted by atomic mass is 28.4. The van der Waals surface area contributed by atoms with Crippen LogP contribution in [0.15, 0.2) is 0 Å². The molecule has 8 heteroatoms. The van der Waals surface area contributed by atoms with Crippen LogP contribution in [0.3, 0.4) is 0 Å². The van der Waals surface area contributed by atoms with Gasteiger partial charge in [-0.3, -0.25) is 4.79 Å². The molecule has 1 amide bonds. The van der Waals surface area contributed by atoms with Crippen molar-refractivity contribution in [3.05, 3.63) is 0 Å². The molecule has 5 rings (SSSR count). The lowest BCUT2D eigenvalue weighted by atomic mass is 9.43. The monoisotopic (exact) mass is 677 g/mol. The number of carbonyl (C=O) groups is 1. The van der Waals surface area contributed by atoms with E-state index in [1.54, 1.807) is 0 Å². The van der Waals surface area contributed by atoms with Gasteiger partial charge in [0.05, 0.1) is 6.10 Å². The number of amides is 1. The van der Waals surface area contributed by atoms with Gasteiger partial charge in [0.15, 0.2) is 25.0 Å². The summed E-state index contributed by atoms with van der Waals surface area (Å²) in [4.78, 5) is 15.2. The van der Waals surface area contributed by atoms with Crippen LogP contribution in [-0.4, -0.2) is 67.2 Å². The topological polar surface area (TPSA) is 48.0 Å². The number of rotatable bonds is 10. The Morgan fingerprint density at radius 3 is 2.02 bits per heavy atom. The number of nitrogens with zero attached hydrogens (tertiary/aromatic N) is 1. The number of likely N-dealkylation sites (tertiary alicyclic amines) is 1. The third-order valence-electron chi connectivity index (χ3n) is 13.2. The van der Waals surface area contributed by atoms with Gasteiger partial charge in [-0.2, -0.15) is 0 Å². The minimum absolute atomic E-state index is 0.139. The van der Waals surface area contributed by atoms with Gasteiger partial charge < -0.3 is 18.2 Å². The van der Waals surface area contributed by atoms with E-state index < -0.39 is 25.0 Å². The Bertz CT molecular complexity index is 1050. The molecule has 5 fully saturated rings. The van der Waals surface area contributed by atoms with Crippen molar-refractivity contribution in [3.63, 3.8) is 0 Å². The number of hydrogen-bond donors (Lipinski definition) is 0. The summed E-state index contributed by atoms with van der Waals surface area (Å²) in [6.45, 7) is 31.2. The Morgan fingerprint density at radius 1 is 0.800 bits per heavy atom. The Kier molecular flexibility index (Phi) is 10.5. The van der Waals surface area contributed by atoms with Crippen molar-refractivity contribution in [2.75, 3.05) is 13.1 Å². The molecule has 0 bridgehead atoms. The SMILES string of the molecule is CC(CCC(=O)N1CCCC1)C1CCC2C3C(O[Si](C)(C)C)CC4CC(O[Si](C)(C)C)CCC4(C)C3CC(O[Si](C)(C)C)C12C. The second kappa shape index (κ2) is 13.0. The fourth-order valence-corrected chi connectivity index (χ4v) is 15.1. The minimum Gasteiger partial charge on any atom is -0.415 e. The van der Waals surface area contributed by atoms with E-state index in [-0.39, 0.29) is 5.41 Å². The Morgan fingerprint density at radius 2 is 1.42 bits per heavy atom. The van der Waals surface area contributed by atoms with Crippen LogP contribution in [0, 0.1) is 46.3 Å². The summed E-state index contributed by atoms with van der Waals surface area (Å²) < 4.78 is 21.5. The summed E-state index contributed by atoms with van der Waals surface area (Å²) >= 11 is 0. The summed E-state index contributed by atoms with van der Waals surface area (Å²) in [7, 11) is -5.12. The molecule has 0 aromatic carbocycles. The van der Waals surface area contributed by atoms with Crippen LogP contribution >= 0.6 is 0 Å². The van der Waals surface area contributed by atoms with Gasteiger partial charge in [0.1, 0.15) is 0 Å². The van der Waals surface area contributed by atoms with Crippen LogP contribution in [0.1, 0.15) is 91.4 Å². The van der Waals surface area contributed by atoms with Crippen LogP contribution in [0.5, 0.6) is 0 Å². The second-order valence-electron chi connectivity index (χ2n) is 19.7. The zero-order valence-electron chi connectivity index (χ0n) is 31.5. The molecule has 5 nitrogen and oxygen atoms in total. The van der Waals surface area contributed by atoms with Crippen molar-refractivity contribution in [3.8, 4) is 0 Å². The molecule has 0 spiro atoms. The van der Waals surface area contributed by atoms with Crippen LogP contribution in [0.25, 0.3) is 0 Å². The van der Waals surface area contributed by atoms with Gasteiger partial charge in [-0.05, 0) is 169 Å². The fraction of sp³-hybridized carbons (Fsp3) is 0.973. The summed E-state index contributed by atoms with van der Waals surface area (Å²) in [6.07, 6.45) is 13.8. The minimum atomic E-state index is -1.79. The standard InChI is InChI=1S/C37H71NO4Si3/c1-26(15-18-34(39)38-21-13-14-22-38)29-16-17-30-35-31(25-33(37(29,30)3)42-45(10,11)12)36(2)20-19-28(40-43(4,5)6)23-27(36)24-32(35)41-44(7,8)9/h26-33,35H,13-25H2,1-12H3. The van der Waals surface area contributed by atoms with Gasteiger partial charge in [-0.25, -0.2) is 0 Å². The highest BCUT2D eigenvalue weighted by Crippen LogP contribution is 2.69. The summed E-state index contributed by atoms with van der Waals surface area (Å²) in [6, 6.07) is 0. The zero-order chi connectivity index (χ0) is 33.2. The molecule has 11 unspecified atom stereocenters. The van der Waals surface area contributed by atoms with Crippen molar-refractivity contribution in [1.29, 1.82) is 0 Å². The lowest BCUT2D eigenvalue weighted by Crippen LogP contribution is -2.64. The van der Waals surface area contributed by atoms with Gasteiger partial charge >= 0.3 is 0 Å². The molecule has 1 saturated heterocycles. The van der Waals surface area contributed by atoms with Gasteiger partial charge in [-0.1, -0.05) is 20.8 Å². The highest BCUT2D eigenvalue weighted by Gasteiger charge is 2.67. The van der Waals surface area contributed by atoms with Crippen LogP contribution in [-0.2, 0) is 18.1 Å². The van der Waals surface area contributed by atoms with Crippen LogP contribution in [0.2, 0.25) is 58.9 Å². The lowest BCUT2D eigenvalue weighted by Gasteiger charge is -2.66. The molecule has 1 heterocycles. The lowest BCUT2D eigenvalue weighted by molar-refractivity contribution is -0.199. The first-order chi connectivity index (χ1) is 20.7. The second-order valence-corrected chi connectivity index (χ2v) is 33.1. The zero-order valence-corrected chi connectivity index (χ0v) is 34.5. The first kappa shape index (κ1) is 36.3. The van der Waals surface area contributed by atoms with Crippen molar-refractivity contribution in [1.82, 2.24) is 4.90 Å². The van der Waals surface area contributed by atoms with E-state index in [0.29, 0.717) is 71.6 Å². The molecular formula is C37H71NO4Si3. The molecule has 1 aliphatic heterocycles. The third kappa shape index (κ3) is 7.76. The number of hydrogen-bond acceptors (Lipinski definition) is 4. The highest BCUT2D eigenvalue weighted by molar-refractivity contribution is 6.70. The average Bonchev–Trinajstić information content (AvgIpc) is 3.55. The van der Waals surface area contributed by atoms with Gasteiger partial charge in [0.25, 0.3) is 0 Å². The molecule has 45 heavy (non-hydrogen) atoms. The quantitative estimate of drug-likeness (QED) is 0.216. The Labute approximate surface area is 281 Å². The van der Waals surface area contributed by atoms with E-state index >= 15 is 0 Å². The van der Waals surface area contributed by atoms with Gasteiger partial charge in [0.2, 0.25) is 5.91 Å². The average molecular weight is 678 g/mol. The molecule has 260 valence electrons. The predicted molar refractivity (Wildman–Crippen MR) is 195 cm³/mol. The molecule has 11 atom stereocenters. The number of fused-ring (bicyclic) bond motifs is 5. The van der Waals surface area contributed by atoms with E-state index in [0.717, 1.165) is 19.5 Å². The maximum absolute atomic E-state index is 13.1. The maximum atomic E-state index is 13.1. The van der Waals surface area contributed by atoms with Crippen molar-refractivity contribution >= 4 is 30.9 Å². The first-order valence-electron chi connectivity index (χ1n) is 19.0.